The quantitative estimate of drug-likeness (QED) is 0.393. The first-order valence-corrected chi connectivity index (χ1v) is 11.5. The highest BCUT2D eigenvalue weighted by Crippen LogP contribution is 2.32. The zero-order valence-electron chi connectivity index (χ0n) is 19.2. The number of carbonyl (C=O) groups excluding carboxylic acids is 2. The minimum atomic E-state index is -0.320. The Morgan fingerprint density at radius 2 is 1.73 bits per heavy atom. The van der Waals surface area contributed by atoms with E-state index in [9.17, 15) is 9.59 Å². The van der Waals surface area contributed by atoms with E-state index < -0.39 is 0 Å². The number of methoxy groups -OCH3 is 2. The molecule has 0 saturated carbocycles. The van der Waals surface area contributed by atoms with Crippen LogP contribution < -0.4 is 20.1 Å². The van der Waals surface area contributed by atoms with Crippen molar-refractivity contribution in [2.45, 2.75) is 30.4 Å². The van der Waals surface area contributed by atoms with E-state index in [-0.39, 0.29) is 17.1 Å². The average Bonchev–Trinajstić information content (AvgIpc) is 2.83. The van der Waals surface area contributed by atoms with Gasteiger partial charge in [0.2, 0.25) is 5.91 Å². The summed E-state index contributed by atoms with van der Waals surface area (Å²) in [5.41, 5.74) is 2.81. The molecule has 6 nitrogen and oxygen atoms in total. The normalized spacial score (nSPS) is 11.4. The van der Waals surface area contributed by atoms with Crippen LogP contribution in [0.5, 0.6) is 11.5 Å². The predicted octanol–water partition coefficient (Wildman–Crippen LogP) is 5.77. The maximum atomic E-state index is 13.0. The van der Waals surface area contributed by atoms with Crippen LogP contribution in [0.25, 0.3) is 0 Å². The zero-order valence-corrected chi connectivity index (χ0v) is 20.0. The number of aryl methyl sites for hydroxylation is 1. The lowest BCUT2D eigenvalue weighted by molar-refractivity contribution is -0.115. The highest BCUT2D eigenvalue weighted by atomic mass is 32.2. The largest absolute Gasteiger partial charge is 0.497 e. The number of rotatable bonds is 9. The molecule has 2 N–H and O–H groups in total. The molecule has 0 radical (unpaired) electrons. The van der Waals surface area contributed by atoms with Crippen LogP contribution in [0.1, 0.15) is 29.3 Å². The van der Waals surface area contributed by atoms with E-state index in [1.54, 1.807) is 38.5 Å². The summed E-state index contributed by atoms with van der Waals surface area (Å²) in [5.74, 6) is 0.895. The third kappa shape index (κ3) is 6.29. The molecule has 0 heterocycles. The van der Waals surface area contributed by atoms with Gasteiger partial charge in [0, 0.05) is 22.2 Å². The number of amides is 2. The van der Waals surface area contributed by atoms with Crippen molar-refractivity contribution < 1.29 is 19.1 Å². The van der Waals surface area contributed by atoms with Crippen LogP contribution >= 0.6 is 11.8 Å². The van der Waals surface area contributed by atoms with E-state index in [0.29, 0.717) is 34.9 Å². The lowest BCUT2D eigenvalue weighted by Gasteiger charge is -2.17. The lowest BCUT2D eigenvalue weighted by Crippen LogP contribution is -2.24. The van der Waals surface area contributed by atoms with Gasteiger partial charge in [-0.25, -0.2) is 0 Å². The Labute approximate surface area is 198 Å². The van der Waals surface area contributed by atoms with Gasteiger partial charge in [0.25, 0.3) is 5.91 Å². The van der Waals surface area contributed by atoms with Gasteiger partial charge in [-0.1, -0.05) is 31.2 Å². The molecule has 1 atom stereocenters. The van der Waals surface area contributed by atoms with Gasteiger partial charge >= 0.3 is 0 Å². The van der Waals surface area contributed by atoms with E-state index in [0.717, 1.165) is 10.5 Å². The van der Waals surface area contributed by atoms with Crippen molar-refractivity contribution in [3.05, 3.63) is 77.9 Å². The van der Waals surface area contributed by atoms with Gasteiger partial charge in [-0.3, -0.25) is 9.59 Å². The average molecular weight is 465 g/mol. The molecule has 0 saturated heterocycles. The fourth-order valence-corrected chi connectivity index (χ4v) is 4.29. The van der Waals surface area contributed by atoms with E-state index in [4.69, 9.17) is 9.47 Å². The number of benzene rings is 3. The van der Waals surface area contributed by atoms with Crippen LogP contribution in [0.3, 0.4) is 0 Å². The van der Waals surface area contributed by atoms with E-state index >= 15 is 0 Å². The molecular weight excluding hydrogens is 436 g/mol. The first-order chi connectivity index (χ1) is 15.9. The molecule has 172 valence electrons. The SMILES string of the molecule is CCC(Sc1cccc(NC(=O)c2ccccc2C)c1)C(=O)Nc1ccc(OC)cc1OC. The fraction of sp³-hybridized carbons (Fsp3) is 0.231. The van der Waals surface area contributed by atoms with Crippen LogP contribution in [-0.2, 0) is 4.79 Å². The third-order valence-corrected chi connectivity index (χ3v) is 6.45. The molecule has 7 heteroatoms. The van der Waals surface area contributed by atoms with E-state index in [1.165, 1.54) is 11.8 Å². The lowest BCUT2D eigenvalue weighted by atomic mass is 10.1. The molecule has 0 bridgehead atoms. The molecular formula is C26H28N2O4S. The molecule has 3 aromatic rings. The second-order valence-electron chi connectivity index (χ2n) is 7.37. The highest BCUT2D eigenvalue weighted by molar-refractivity contribution is 8.00. The molecule has 3 aromatic carbocycles. The highest BCUT2D eigenvalue weighted by Gasteiger charge is 2.20. The first kappa shape index (κ1) is 24.2. The van der Waals surface area contributed by atoms with Gasteiger partial charge in [-0.05, 0) is 55.3 Å². The van der Waals surface area contributed by atoms with Gasteiger partial charge in [-0.15, -0.1) is 11.8 Å². The molecule has 0 aliphatic rings. The second-order valence-corrected chi connectivity index (χ2v) is 8.64. The van der Waals surface area contributed by atoms with Crippen LogP contribution in [0, 0.1) is 6.92 Å². The summed E-state index contributed by atoms with van der Waals surface area (Å²) < 4.78 is 10.6. The molecule has 0 aliphatic carbocycles. The summed E-state index contributed by atoms with van der Waals surface area (Å²) in [7, 11) is 3.13. The van der Waals surface area contributed by atoms with Crippen molar-refractivity contribution in [1.82, 2.24) is 0 Å². The molecule has 33 heavy (non-hydrogen) atoms. The van der Waals surface area contributed by atoms with Crippen molar-refractivity contribution in [3.63, 3.8) is 0 Å². The Morgan fingerprint density at radius 1 is 0.939 bits per heavy atom. The van der Waals surface area contributed by atoms with Gasteiger partial charge in [0.15, 0.2) is 0 Å². The molecule has 1 unspecified atom stereocenters. The van der Waals surface area contributed by atoms with Crippen LogP contribution in [0.2, 0.25) is 0 Å². The summed E-state index contributed by atoms with van der Waals surface area (Å²) in [6, 6.07) is 20.2. The summed E-state index contributed by atoms with van der Waals surface area (Å²) in [5, 5.41) is 5.57. The summed E-state index contributed by atoms with van der Waals surface area (Å²) >= 11 is 1.45. The zero-order chi connectivity index (χ0) is 23.8. The number of hydrogen-bond acceptors (Lipinski definition) is 5. The Morgan fingerprint density at radius 3 is 2.42 bits per heavy atom. The maximum absolute atomic E-state index is 13.0. The Bertz CT molecular complexity index is 1130. The molecule has 0 fully saturated rings. The standard InChI is InChI=1S/C26H28N2O4S/c1-5-24(26(30)28-22-14-13-19(31-3)16-23(22)32-4)33-20-11-8-10-18(15-20)27-25(29)21-12-7-6-9-17(21)2/h6-16,24H,5H2,1-4H3,(H,27,29)(H,28,30). The number of thioether (sulfide) groups is 1. The summed E-state index contributed by atoms with van der Waals surface area (Å²) in [6.07, 6.45) is 0.634. The minimum absolute atomic E-state index is 0.125. The topological polar surface area (TPSA) is 76.7 Å². The van der Waals surface area contributed by atoms with Crippen LogP contribution in [0.15, 0.2) is 71.6 Å². The van der Waals surface area contributed by atoms with Crippen molar-refractivity contribution in [2.75, 3.05) is 24.9 Å². The van der Waals surface area contributed by atoms with Crippen molar-refractivity contribution in [3.8, 4) is 11.5 Å². The molecule has 2 amide bonds. The molecule has 0 aliphatic heterocycles. The second kappa shape index (κ2) is 11.4. The van der Waals surface area contributed by atoms with Gasteiger partial charge in [0.1, 0.15) is 11.5 Å². The van der Waals surface area contributed by atoms with Crippen molar-refractivity contribution >= 4 is 35.0 Å². The number of hydrogen-bond donors (Lipinski definition) is 2. The monoisotopic (exact) mass is 464 g/mol. The van der Waals surface area contributed by atoms with Crippen LogP contribution in [0.4, 0.5) is 11.4 Å². The Balaban J connectivity index is 1.69. The molecule has 0 aromatic heterocycles. The Hall–Kier alpha value is -3.45. The Kier molecular flexibility index (Phi) is 8.38. The number of nitrogens with one attached hydrogen (secondary N) is 2. The number of ether oxygens (including phenoxy) is 2. The molecule has 0 spiro atoms. The maximum Gasteiger partial charge on any atom is 0.255 e. The summed E-state index contributed by atoms with van der Waals surface area (Å²) in [4.78, 5) is 26.5. The van der Waals surface area contributed by atoms with Crippen molar-refractivity contribution in [2.24, 2.45) is 0 Å². The number of carbonyl (C=O) groups is 2. The predicted molar refractivity (Wildman–Crippen MR) is 134 cm³/mol. The smallest absolute Gasteiger partial charge is 0.255 e. The van der Waals surface area contributed by atoms with E-state index in [1.807, 2.05) is 56.3 Å². The molecule has 3 rings (SSSR count). The van der Waals surface area contributed by atoms with E-state index in [2.05, 4.69) is 10.6 Å². The van der Waals surface area contributed by atoms with Crippen molar-refractivity contribution in [1.29, 1.82) is 0 Å². The minimum Gasteiger partial charge on any atom is -0.497 e. The van der Waals surface area contributed by atoms with Gasteiger partial charge in [0.05, 0.1) is 25.2 Å². The number of anilines is 2. The van der Waals surface area contributed by atoms with Crippen LogP contribution in [-0.4, -0.2) is 31.3 Å². The van der Waals surface area contributed by atoms with Gasteiger partial charge in [-0.2, -0.15) is 0 Å². The van der Waals surface area contributed by atoms with Gasteiger partial charge < -0.3 is 20.1 Å². The third-order valence-electron chi connectivity index (χ3n) is 5.09. The first-order valence-electron chi connectivity index (χ1n) is 10.6. The fourth-order valence-electron chi connectivity index (χ4n) is 3.27. The summed E-state index contributed by atoms with van der Waals surface area (Å²) in [6.45, 7) is 3.87.